The molecule has 24 heavy (non-hydrogen) atoms. The molecule has 0 unspecified atom stereocenters. The molecule has 1 amide bonds. The quantitative estimate of drug-likeness (QED) is 0.860. The number of carbonyl (C=O) groups is 1. The van der Waals surface area contributed by atoms with Crippen molar-refractivity contribution in [1.82, 2.24) is 19.9 Å². The lowest BCUT2D eigenvalue weighted by molar-refractivity contribution is -0.116. The number of fused-ring (bicyclic) bond motifs is 1. The van der Waals surface area contributed by atoms with Gasteiger partial charge in [-0.3, -0.25) is 9.89 Å². The number of hydrogen-bond donors (Lipinski definition) is 2. The monoisotopic (exact) mass is 349 g/mol. The maximum atomic E-state index is 12.6. The number of aromatic nitrogens is 3. The number of nitrogens with zero attached hydrogens (tertiary/aromatic N) is 3. The van der Waals surface area contributed by atoms with Crippen molar-refractivity contribution < 1.29 is 13.2 Å². The van der Waals surface area contributed by atoms with Crippen LogP contribution in [-0.2, 0) is 21.2 Å². The van der Waals surface area contributed by atoms with Crippen LogP contribution in [0.4, 0.5) is 5.69 Å². The lowest BCUT2D eigenvalue weighted by Crippen LogP contribution is -2.34. The smallest absolute Gasteiger partial charge is 0.241 e. The van der Waals surface area contributed by atoms with E-state index in [-0.39, 0.29) is 10.8 Å². The van der Waals surface area contributed by atoms with E-state index in [0.29, 0.717) is 18.1 Å². The van der Waals surface area contributed by atoms with E-state index in [2.05, 4.69) is 19.9 Å². The molecule has 1 atom stereocenters. The maximum absolute atomic E-state index is 12.6. The van der Waals surface area contributed by atoms with Gasteiger partial charge in [-0.25, -0.2) is 18.1 Å². The molecule has 8 nitrogen and oxygen atoms in total. The molecule has 3 rings (SSSR count). The number of amides is 1. The van der Waals surface area contributed by atoms with Crippen LogP contribution in [0.5, 0.6) is 0 Å². The largest absolute Gasteiger partial charge is 0.312 e. The number of H-pyrrole nitrogens is 1. The molecule has 0 aliphatic carbocycles. The summed E-state index contributed by atoms with van der Waals surface area (Å²) in [6, 6.07) is 4.36. The van der Waals surface area contributed by atoms with Gasteiger partial charge < -0.3 is 4.90 Å². The summed E-state index contributed by atoms with van der Waals surface area (Å²) >= 11 is 0. The number of hydrogen-bond acceptors (Lipinski definition) is 5. The molecular weight excluding hydrogens is 330 g/mol. The fourth-order valence-corrected chi connectivity index (χ4v) is 4.06. The Morgan fingerprint density at radius 2 is 2.21 bits per heavy atom. The summed E-state index contributed by atoms with van der Waals surface area (Å²) in [6.45, 7) is 3.77. The van der Waals surface area contributed by atoms with Crippen LogP contribution < -0.4 is 9.62 Å². The zero-order valence-corrected chi connectivity index (χ0v) is 14.3. The molecule has 1 aliphatic rings. The minimum Gasteiger partial charge on any atom is -0.312 e. The van der Waals surface area contributed by atoms with Gasteiger partial charge in [-0.15, -0.1) is 0 Å². The molecule has 0 fully saturated rings. The van der Waals surface area contributed by atoms with E-state index in [9.17, 15) is 13.2 Å². The predicted molar refractivity (Wildman–Crippen MR) is 87.9 cm³/mol. The second kappa shape index (κ2) is 6.33. The third-order valence-corrected chi connectivity index (χ3v) is 5.58. The van der Waals surface area contributed by atoms with E-state index in [1.54, 1.807) is 30.0 Å². The van der Waals surface area contributed by atoms with Crippen molar-refractivity contribution in [3.63, 3.8) is 0 Å². The SMILES string of the molecule is CC(=O)N1CCCc2ccc(S(=O)(=O)N[C@H](C)c3ncn[nH]3)cc21. The Kier molecular flexibility index (Phi) is 4.37. The van der Waals surface area contributed by atoms with E-state index < -0.39 is 16.1 Å². The van der Waals surface area contributed by atoms with Crippen molar-refractivity contribution in [2.75, 3.05) is 11.4 Å². The topological polar surface area (TPSA) is 108 Å². The molecule has 0 radical (unpaired) electrons. The standard InChI is InChI=1S/C15H19N5O3S/c1-10(15-16-9-17-18-15)19-24(22,23)13-6-5-12-4-3-7-20(11(2)21)14(12)8-13/h5-6,8-10,19H,3-4,7H2,1-2H3,(H,16,17,18)/t10-/m1/s1. The molecule has 0 saturated carbocycles. The Balaban J connectivity index is 1.91. The van der Waals surface area contributed by atoms with Gasteiger partial charge in [-0.1, -0.05) is 6.07 Å². The van der Waals surface area contributed by atoms with E-state index in [0.717, 1.165) is 18.4 Å². The van der Waals surface area contributed by atoms with Gasteiger partial charge in [0.15, 0.2) is 0 Å². The third kappa shape index (κ3) is 3.17. The summed E-state index contributed by atoms with van der Waals surface area (Å²) in [6.07, 6.45) is 3.03. The third-order valence-electron chi connectivity index (χ3n) is 4.04. The van der Waals surface area contributed by atoms with Crippen molar-refractivity contribution in [1.29, 1.82) is 0 Å². The number of benzene rings is 1. The van der Waals surface area contributed by atoms with Gasteiger partial charge in [0.05, 0.1) is 10.9 Å². The van der Waals surface area contributed by atoms with Crippen molar-refractivity contribution >= 4 is 21.6 Å². The number of sulfonamides is 1. The molecule has 2 aromatic rings. The van der Waals surface area contributed by atoms with Gasteiger partial charge >= 0.3 is 0 Å². The van der Waals surface area contributed by atoms with Crippen molar-refractivity contribution in [2.24, 2.45) is 0 Å². The van der Waals surface area contributed by atoms with E-state index in [1.165, 1.54) is 13.3 Å². The predicted octanol–water partition coefficient (Wildman–Crippen LogP) is 1.14. The zero-order chi connectivity index (χ0) is 17.3. The lowest BCUT2D eigenvalue weighted by Gasteiger charge is -2.29. The van der Waals surface area contributed by atoms with E-state index in [4.69, 9.17) is 0 Å². The Hall–Kier alpha value is -2.26. The first-order valence-corrected chi connectivity index (χ1v) is 9.15. The van der Waals surface area contributed by atoms with Crippen molar-refractivity contribution in [3.8, 4) is 0 Å². The first kappa shape index (κ1) is 16.6. The van der Waals surface area contributed by atoms with Crippen LogP contribution in [0.1, 0.15) is 37.7 Å². The van der Waals surface area contributed by atoms with Crippen LogP contribution in [-0.4, -0.2) is 36.1 Å². The Bertz CT molecular complexity index is 848. The Morgan fingerprint density at radius 3 is 2.88 bits per heavy atom. The van der Waals surface area contributed by atoms with Gasteiger partial charge in [0.2, 0.25) is 15.9 Å². The Morgan fingerprint density at radius 1 is 1.42 bits per heavy atom. The zero-order valence-electron chi connectivity index (χ0n) is 13.5. The minimum absolute atomic E-state index is 0.0894. The second-order valence-corrected chi connectivity index (χ2v) is 7.49. The first-order chi connectivity index (χ1) is 11.4. The number of aromatic amines is 1. The summed E-state index contributed by atoms with van der Waals surface area (Å²) in [4.78, 5) is 17.5. The van der Waals surface area contributed by atoms with Gasteiger partial charge in [0.25, 0.3) is 0 Å². The van der Waals surface area contributed by atoms with Gasteiger partial charge in [0, 0.05) is 19.2 Å². The highest BCUT2D eigenvalue weighted by Gasteiger charge is 2.25. The highest BCUT2D eigenvalue weighted by Crippen LogP contribution is 2.30. The van der Waals surface area contributed by atoms with E-state index in [1.807, 2.05) is 0 Å². The molecule has 9 heteroatoms. The molecule has 0 saturated heterocycles. The van der Waals surface area contributed by atoms with Crippen molar-refractivity contribution in [2.45, 2.75) is 37.6 Å². The average Bonchev–Trinajstić information content (AvgIpc) is 3.07. The number of rotatable bonds is 4. The van der Waals surface area contributed by atoms with Crippen LogP contribution in [0, 0.1) is 0 Å². The first-order valence-electron chi connectivity index (χ1n) is 7.67. The fourth-order valence-electron chi connectivity index (χ4n) is 2.83. The number of carbonyl (C=O) groups excluding carboxylic acids is 1. The van der Waals surface area contributed by atoms with Crippen LogP contribution in [0.2, 0.25) is 0 Å². The van der Waals surface area contributed by atoms with Crippen LogP contribution in [0.3, 0.4) is 0 Å². The molecule has 2 N–H and O–H groups in total. The molecule has 1 aliphatic heterocycles. The molecule has 1 aromatic heterocycles. The number of aryl methyl sites for hydroxylation is 1. The summed E-state index contributed by atoms with van der Waals surface area (Å²) in [5.74, 6) is 0.343. The minimum atomic E-state index is -3.74. The fraction of sp³-hybridized carbons (Fsp3) is 0.400. The van der Waals surface area contributed by atoms with Gasteiger partial charge in [-0.2, -0.15) is 5.10 Å². The molecule has 0 spiro atoms. The number of nitrogens with one attached hydrogen (secondary N) is 2. The number of anilines is 1. The van der Waals surface area contributed by atoms with Gasteiger partial charge in [0.1, 0.15) is 12.2 Å². The second-order valence-electron chi connectivity index (χ2n) is 5.78. The van der Waals surface area contributed by atoms with Crippen molar-refractivity contribution in [3.05, 3.63) is 35.9 Å². The summed E-state index contributed by atoms with van der Waals surface area (Å²) in [5, 5.41) is 6.36. The van der Waals surface area contributed by atoms with Crippen LogP contribution in [0.15, 0.2) is 29.4 Å². The van der Waals surface area contributed by atoms with E-state index >= 15 is 0 Å². The normalized spacial score (nSPS) is 15.8. The molecular formula is C15H19N5O3S. The summed E-state index contributed by atoms with van der Waals surface area (Å²) in [5.41, 5.74) is 1.66. The van der Waals surface area contributed by atoms with Crippen LogP contribution in [0.25, 0.3) is 0 Å². The summed E-state index contributed by atoms with van der Waals surface area (Å²) < 4.78 is 27.8. The van der Waals surface area contributed by atoms with Gasteiger partial charge in [-0.05, 0) is 37.5 Å². The lowest BCUT2D eigenvalue weighted by atomic mass is 10.0. The highest BCUT2D eigenvalue weighted by molar-refractivity contribution is 7.89. The maximum Gasteiger partial charge on any atom is 0.241 e. The molecule has 1 aromatic carbocycles. The molecule has 0 bridgehead atoms. The van der Waals surface area contributed by atoms with Crippen LogP contribution >= 0.6 is 0 Å². The molecule has 128 valence electrons. The Labute approximate surface area is 140 Å². The highest BCUT2D eigenvalue weighted by atomic mass is 32.2. The average molecular weight is 349 g/mol. The summed E-state index contributed by atoms with van der Waals surface area (Å²) in [7, 11) is -3.74. The molecule has 2 heterocycles.